The van der Waals surface area contributed by atoms with Crippen molar-refractivity contribution in [2.75, 3.05) is 32.1 Å². The van der Waals surface area contributed by atoms with E-state index in [9.17, 15) is 0 Å². The number of ether oxygens (including phenoxy) is 1. The summed E-state index contributed by atoms with van der Waals surface area (Å²) in [6.45, 7) is 5.47. The topological polar surface area (TPSA) is 46.2 Å². The van der Waals surface area contributed by atoms with Gasteiger partial charge in [0.05, 0.1) is 7.11 Å². The fraction of sp³-hybridized carbons (Fsp3) is 0.471. The first-order valence-electron chi connectivity index (χ1n) is 7.58. The quantitative estimate of drug-likeness (QED) is 0.906. The van der Waals surface area contributed by atoms with E-state index in [4.69, 9.17) is 4.74 Å². The Kier molecular flexibility index (Phi) is 3.97. The third-order valence-electron chi connectivity index (χ3n) is 4.35. The lowest BCUT2D eigenvalue weighted by Gasteiger charge is -2.34. The van der Waals surface area contributed by atoms with Crippen LogP contribution in [-0.2, 0) is 0 Å². The molecule has 2 N–H and O–H groups in total. The molecule has 1 atom stereocenters. The third kappa shape index (κ3) is 2.95. The van der Waals surface area contributed by atoms with Crippen LogP contribution in [0.2, 0.25) is 0 Å². The van der Waals surface area contributed by atoms with Crippen molar-refractivity contribution in [3.63, 3.8) is 0 Å². The number of hydrogen-bond donors (Lipinski definition) is 2. The van der Waals surface area contributed by atoms with E-state index in [0.717, 1.165) is 42.0 Å². The van der Waals surface area contributed by atoms with Gasteiger partial charge in [0.2, 0.25) is 0 Å². The lowest BCUT2D eigenvalue weighted by atomic mass is 9.83. The monoisotopic (exact) mass is 285 g/mol. The van der Waals surface area contributed by atoms with Gasteiger partial charge in [0, 0.05) is 30.1 Å². The van der Waals surface area contributed by atoms with Crippen molar-refractivity contribution in [2.45, 2.75) is 19.8 Å². The first-order chi connectivity index (χ1) is 10.2. The second-order valence-corrected chi connectivity index (χ2v) is 6.16. The minimum atomic E-state index is 0.293. The van der Waals surface area contributed by atoms with Crippen molar-refractivity contribution in [3.05, 3.63) is 30.5 Å². The summed E-state index contributed by atoms with van der Waals surface area (Å²) in [4.78, 5) is 4.51. The third-order valence-corrected chi connectivity index (χ3v) is 4.35. The number of rotatable bonds is 4. The zero-order chi connectivity index (χ0) is 14.7. The summed E-state index contributed by atoms with van der Waals surface area (Å²) in [7, 11) is 1.71. The average molecular weight is 285 g/mol. The zero-order valence-electron chi connectivity index (χ0n) is 12.8. The Morgan fingerprint density at radius 3 is 3.00 bits per heavy atom. The molecular formula is C17H23N3O. The van der Waals surface area contributed by atoms with Crippen LogP contribution in [0.5, 0.6) is 5.75 Å². The fourth-order valence-electron chi connectivity index (χ4n) is 3.06. The van der Waals surface area contributed by atoms with E-state index in [1.165, 1.54) is 12.8 Å². The second kappa shape index (κ2) is 5.90. The number of pyridine rings is 1. The molecule has 1 saturated heterocycles. The van der Waals surface area contributed by atoms with Crippen LogP contribution >= 0.6 is 0 Å². The molecular weight excluding hydrogens is 262 g/mol. The molecule has 0 aliphatic carbocycles. The van der Waals surface area contributed by atoms with Crippen molar-refractivity contribution in [3.8, 4) is 5.75 Å². The number of aromatic nitrogens is 1. The van der Waals surface area contributed by atoms with E-state index in [-0.39, 0.29) is 0 Å². The molecule has 0 spiro atoms. The molecule has 4 nitrogen and oxygen atoms in total. The Labute approximate surface area is 125 Å². The van der Waals surface area contributed by atoms with Gasteiger partial charge in [0.25, 0.3) is 0 Å². The summed E-state index contributed by atoms with van der Waals surface area (Å²) >= 11 is 0. The second-order valence-electron chi connectivity index (χ2n) is 6.16. The van der Waals surface area contributed by atoms with Gasteiger partial charge in [-0.1, -0.05) is 19.1 Å². The van der Waals surface area contributed by atoms with Crippen LogP contribution in [0.3, 0.4) is 0 Å². The summed E-state index contributed by atoms with van der Waals surface area (Å²) in [6.07, 6.45) is 4.34. The van der Waals surface area contributed by atoms with Crippen LogP contribution < -0.4 is 15.4 Å². The van der Waals surface area contributed by atoms with E-state index in [0.29, 0.717) is 5.41 Å². The maximum absolute atomic E-state index is 5.43. The molecule has 1 aliphatic rings. The number of nitrogens with zero attached hydrogens (tertiary/aromatic N) is 1. The molecule has 2 heterocycles. The maximum Gasteiger partial charge on any atom is 0.133 e. The highest BCUT2D eigenvalue weighted by Gasteiger charge is 2.26. The van der Waals surface area contributed by atoms with Gasteiger partial charge in [-0.05, 0) is 36.9 Å². The van der Waals surface area contributed by atoms with E-state index >= 15 is 0 Å². The van der Waals surface area contributed by atoms with E-state index in [1.807, 2.05) is 24.4 Å². The van der Waals surface area contributed by atoms with E-state index in [2.05, 4.69) is 28.6 Å². The summed E-state index contributed by atoms with van der Waals surface area (Å²) in [5.41, 5.74) is 0.293. The van der Waals surface area contributed by atoms with E-state index < -0.39 is 0 Å². The summed E-state index contributed by atoms with van der Waals surface area (Å²) in [5, 5.41) is 9.25. The molecule has 0 saturated carbocycles. The van der Waals surface area contributed by atoms with Gasteiger partial charge >= 0.3 is 0 Å². The highest BCUT2D eigenvalue weighted by molar-refractivity contribution is 5.95. The van der Waals surface area contributed by atoms with Crippen LogP contribution in [0.1, 0.15) is 19.8 Å². The van der Waals surface area contributed by atoms with Gasteiger partial charge in [-0.15, -0.1) is 0 Å². The molecule has 1 fully saturated rings. The highest BCUT2D eigenvalue weighted by atomic mass is 16.5. The largest absolute Gasteiger partial charge is 0.496 e. The van der Waals surface area contributed by atoms with Crippen LogP contribution in [0, 0.1) is 5.41 Å². The summed E-state index contributed by atoms with van der Waals surface area (Å²) in [5.74, 6) is 1.83. The first-order valence-corrected chi connectivity index (χ1v) is 7.58. The van der Waals surface area contributed by atoms with Gasteiger partial charge in [-0.25, -0.2) is 4.98 Å². The molecule has 1 aliphatic heterocycles. The molecule has 4 heteroatoms. The normalized spacial score (nSPS) is 22.2. The summed E-state index contributed by atoms with van der Waals surface area (Å²) in [6, 6.07) is 8.09. The van der Waals surface area contributed by atoms with Crippen molar-refractivity contribution < 1.29 is 4.74 Å². The fourth-order valence-corrected chi connectivity index (χ4v) is 3.06. The Morgan fingerprint density at radius 2 is 2.24 bits per heavy atom. The number of fused-ring (bicyclic) bond motifs is 1. The van der Waals surface area contributed by atoms with Crippen LogP contribution in [0.25, 0.3) is 10.8 Å². The molecule has 3 rings (SSSR count). The van der Waals surface area contributed by atoms with Crippen molar-refractivity contribution in [1.29, 1.82) is 0 Å². The van der Waals surface area contributed by atoms with Gasteiger partial charge < -0.3 is 15.4 Å². The number of benzene rings is 1. The Hall–Kier alpha value is -1.81. The Morgan fingerprint density at radius 1 is 1.33 bits per heavy atom. The molecule has 1 aromatic carbocycles. The molecule has 0 radical (unpaired) electrons. The van der Waals surface area contributed by atoms with Gasteiger partial charge in [0.1, 0.15) is 11.6 Å². The number of methoxy groups -OCH3 is 1. The van der Waals surface area contributed by atoms with Gasteiger partial charge in [0.15, 0.2) is 0 Å². The minimum absolute atomic E-state index is 0.293. The van der Waals surface area contributed by atoms with Crippen molar-refractivity contribution in [1.82, 2.24) is 10.3 Å². The standard InChI is InChI=1S/C17H23N3O/c1-17(8-4-9-18-11-17)12-20-16-14-5-3-6-15(21-2)13(14)7-10-19-16/h3,5-7,10,18H,4,8-9,11-12H2,1-2H3,(H,19,20). The average Bonchev–Trinajstić information content (AvgIpc) is 2.53. The summed E-state index contributed by atoms with van der Waals surface area (Å²) < 4.78 is 5.43. The highest BCUT2D eigenvalue weighted by Crippen LogP contribution is 2.31. The molecule has 0 amide bonds. The molecule has 1 aromatic heterocycles. The number of piperidine rings is 1. The number of hydrogen-bond acceptors (Lipinski definition) is 4. The lowest BCUT2D eigenvalue weighted by Crippen LogP contribution is -2.42. The SMILES string of the molecule is COc1cccc2c(NCC3(C)CCCNC3)nccc12. The Bertz CT molecular complexity index is 620. The van der Waals surface area contributed by atoms with E-state index in [1.54, 1.807) is 7.11 Å². The van der Waals surface area contributed by atoms with Gasteiger partial charge in [-0.3, -0.25) is 0 Å². The molecule has 2 aromatic rings. The predicted molar refractivity (Wildman–Crippen MR) is 87.0 cm³/mol. The maximum atomic E-state index is 5.43. The minimum Gasteiger partial charge on any atom is -0.496 e. The Balaban J connectivity index is 1.84. The smallest absolute Gasteiger partial charge is 0.133 e. The van der Waals surface area contributed by atoms with Crippen LogP contribution in [0.4, 0.5) is 5.82 Å². The lowest BCUT2D eigenvalue weighted by molar-refractivity contribution is 0.253. The van der Waals surface area contributed by atoms with Crippen molar-refractivity contribution in [2.24, 2.45) is 5.41 Å². The van der Waals surface area contributed by atoms with Crippen LogP contribution in [-0.4, -0.2) is 31.7 Å². The molecule has 1 unspecified atom stereocenters. The molecule has 0 bridgehead atoms. The zero-order valence-corrected chi connectivity index (χ0v) is 12.8. The first kappa shape index (κ1) is 14.1. The predicted octanol–water partition coefficient (Wildman–Crippen LogP) is 3.05. The van der Waals surface area contributed by atoms with Crippen molar-refractivity contribution >= 4 is 16.6 Å². The molecule has 112 valence electrons. The van der Waals surface area contributed by atoms with Gasteiger partial charge in [-0.2, -0.15) is 0 Å². The number of nitrogens with one attached hydrogen (secondary N) is 2. The number of anilines is 1. The molecule has 21 heavy (non-hydrogen) atoms. The van der Waals surface area contributed by atoms with Crippen LogP contribution in [0.15, 0.2) is 30.5 Å².